The van der Waals surface area contributed by atoms with Gasteiger partial charge in [-0.15, -0.1) is 0 Å². The van der Waals surface area contributed by atoms with Crippen molar-refractivity contribution in [3.63, 3.8) is 0 Å². The Morgan fingerprint density at radius 3 is 2.93 bits per heavy atom. The van der Waals surface area contributed by atoms with E-state index in [1.54, 1.807) is 12.3 Å². The molecule has 1 aliphatic rings. The van der Waals surface area contributed by atoms with Gasteiger partial charge in [0.25, 0.3) is 0 Å². The zero-order valence-electron chi connectivity index (χ0n) is 9.22. The van der Waals surface area contributed by atoms with Crippen LogP contribution < -0.4 is 10.6 Å². The van der Waals surface area contributed by atoms with Gasteiger partial charge >= 0.3 is 0 Å². The molecule has 82 valence electrons. The van der Waals surface area contributed by atoms with Crippen LogP contribution in [0.1, 0.15) is 6.92 Å². The maximum atomic E-state index is 5.65. The molecule has 5 heteroatoms. The average Bonchev–Trinajstić information content (AvgIpc) is 2.17. The summed E-state index contributed by atoms with van der Waals surface area (Å²) in [6.07, 6.45) is 1.71. The highest BCUT2D eigenvalue weighted by Crippen LogP contribution is 2.15. The van der Waals surface area contributed by atoms with Crippen molar-refractivity contribution in [2.45, 2.75) is 13.0 Å². The summed E-state index contributed by atoms with van der Waals surface area (Å²) in [6, 6.07) is 2.15. The number of piperazine rings is 1. The second kappa shape index (κ2) is 4.02. The minimum Gasteiger partial charge on any atom is -0.384 e. The highest BCUT2D eigenvalue weighted by Gasteiger charge is 2.23. The fraction of sp³-hybridized carbons (Fsp3) is 0.600. The van der Waals surface area contributed by atoms with E-state index in [0.29, 0.717) is 11.9 Å². The number of nitrogen functional groups attached to an aromatic ring is 1. The van der Waals surface area contributed by atoms with Crippen molar-refractivity contribution in [1.82, 2.24) is 14.9 Å². The van der Waals surface area contributed by atoms with Gasteiger partial charge in [0.15, 0.2) is 0 Å². The summed E-state index contributed by atoms with van der Waals surface area (Å²) >= 11 is 0. The van der Waals surface area contributed by atoms with Crippen LogP contribution >= 0.6 is 0 Å². The van der Waals surface area contributed by atoms with E-state index in [9.17, 15) is 0 Å². The van der Waals surface area contributed by atoms with Crippen molar-refractivity contribution in [3.05, 3.63) is 12.3 Å². The SMILES string of the molecule is C[C@H]1CN(C)CCN1c1nccc(N)n1. The number of nitrogens with two attached hydrogens (primary N) is 1. The summed E-state index contributed by atoms with van der Waals surface area (Å²) < 4.78 is 0. The lowest BCUT2D eigenvalue weighted by atomic mass is 10.2. The van der Waals surface area contributed by atoms with Crippen LogP contribution in [-0.4, -0.2) is 47.6 Å². The third-order valence-electron chi connectivity index (χ3n) is 2.75. The first-order chi connectivity index (χ1) is 7.16. The Morgan fingerprint density at radius 2 is 2.27 bits per heavy atom. The highest BCUT2D eigenvalue weighted by molar-refractivity contribution is 5.39. The quantitative estimate of drug-likeness (QED) is 0.713. The molecule has 1 atom stereocenters. The number of hydrogen-bond donors (Lipinski definition) is 1. The number of likely N-dealkylation sites (N-methyl/N-ethyl adjacent to an activating group) is 1. The number of hydrogen-bond acceptors (Lipinski definition) is 5. The van der Waals surface area contributed by atoms with Gasteiger partial charge in [0, 0.05) is 31.9 Å². The maximum Gasteiger partial charge on any atom is 0.227 e. The Hall–Kier alpha value is -1.36. The van der Waals surface area contributed by atoms with E-state index in [1.165, 1.54) is 0 Å². The molecule has 0 aromatic carbocycles. The van der Waals surface area contributed by atoms with E-state index in [4.69, 9.17) is 5.73 Å². The van der Waals surface area contributed by atoms with E-state index < -0.39 is 0 Å². The Morgan fingerprint density at radius 1 is 1.47 bits per heavy atom. The molecule has 0 amide bonds. The minimum absolute atomic E-state index is 0.436. The predicted molar refractivity (Wildman–Crippen MR) is 60.7 cm³/mol. The Labute approximate surface area is 89.9 Å². The minimum atomic E-state index is 0.436. The van der Waals surface area contributed by atoms with Crippen molar-refractivity contribution < 1.29 is 0 Å². The zero-order chi connectivity index (χ0) is 10.8. The van der Waals surface area contributed by atoms with Gasteiger partial charge in [0.2, 0.25) is 5.95 Å². The maximum absolute atomic E-state index is 5.65. The van der Waals surface area contributed by atoms with Crippen LogP contribution in [0.25, 0.3) is 0 Å². The fourth-order valence-corrected chi connectivity index (χ4v) is 1.94. The molecule has 0 unspecified atom stereocenters. The summed E-state index contributed by atoms with van der Waals surface area (Å²) in [5.41, 5.74) is 5.65. The molecule has 2 heterocycles. The summed E-state index contributed by atoms with van der Waals surface area (Å²) in [5.74, 6) is 1.28. The third-order valence-corrected chi connectivity index (χ3v) is 2.75. The lowest BCUT2D eigenvalue weighted by Crippen LogP contribution is -2.51. The van der Waals surface area contributed by atoms with Gasteiger partial charge in [-0.05, 0) is 20.0 Å². The van der Waals surface area contributed by atoms with Crippen LogP contribution in [0.15, 0.2) is 12.3 Å². The molecule has 1 saturated heterocycles. The molecule has 2 N–H and O–H groups in total. The van der Waals surface area contributed by atoms with Crippen LogP contribution in [0.2, 0.25) is 0 Å². The molecule has 1 aromatic rings. The first kappa shape index (κ1) is 10.2. The number of aromatic nitrogens is 2. The van der Waals surface area contributed by atoms with Crippen LogP contribution in [0, 0.1) is 0 Å². The molecule has 0 saturated carbocycles. The van der Waals surface area contributed by atoms with Gasteiger partial charge in [-0.25, -0.2) is 4.98 Å². The largest absolute Gasteiger partial charge is 0.384 e. The molecule has 1 aromatic heterocycles. The van der Waals surface area contributed by atoms with Crippen LogP contribution in [0.3, 0.4) is 0 Å². The normalized spacial score (nSPS) is 23.1. The van der Waals surface area contributed by atoms with E-state index in [-0.39, 0.29) is 0 Å². The second-order valence-corrected chi connectivity index (χ2v) is 4.09. The van der Waals surface area contributed by atoms with Gasteiger partial charge in [-0.1, -0.05) is 0 Å². The van der Waals surface area contributed by atoms with E-state index in [1.807, 2.05) is 0 Å². The molecule has 0 aliphatic carbocycles. The summed E-state index contributed by atoms with van der Waals surface area (Å²) in [6.45, 7) is 5.23. The summed E-state index contributed by atoms with van der Waals surface area (Å²) in [4.78, 5) is 13.0. The molecule has 5 nitrogen and oxygen atoms in total. The molecule has 1 aliphatic heterocycles. The van der Waals surface area contributed by atoms with E-state index >= 15 is 0 Å². The zero-order valence-corrected chi connectivity index (χ0v) is 9.22. The van der Waals surface area contributed by atoms with E-state index in [0.717, 1.165) is 25.6 Å². The molecule has 1 fully saturated rings. The second-order valence-electron chi connectivity index (χ2n) is 4.09. The van der Waals surface area contributed by atoms with Gasteiger partial charge in [-0.2, -0.15) is 4.98 Å². The number of rotatable bonds is 1. The van der Waals surface area contributed by atoms with Crippen molar-refractivity contribution in [1.29, 1.82) is 0 Å². The highest BCUT2D eigenvalue weighted by atomic mass is 15.3. The lowest BCUT2D eigenvalue weighted by molar-refractivity contribution is 0.273. The monoisotopic (exact) mass is 207 g/mol. The van der Waals surface area contributed by atoms with E-state index in [2.05, 4.69) is 33.7 Å². The van der Waals surface area contributed by atoms with Crippen LogP contribution in [0.5, 0.6) is 0 Å². The average molecular weight is 207 g/mol. The Kier molecular flexibility index (Phi) is 2.73. The van der Waals surface area contributed by atoms with Gasteiger partial charge in [-0.3, -0.25) is 0 Å². The third kappa shape index (κ3) is 2.18. The van der Waals surface area contributed by atoms with Crippen molar-refractivity contribution in [3.8, 4) is 0 Å². The molecular weight excluding hydrogens is 190 g/mol. The number of anilines is 2. The lowest BCUT2D eigenvalue weighted by Gasteiger charge is -2.38. The summed E-state index contributed by atoms with van der Waals surface area (Å²) in [7, 11) is 2.13. The van der Waals surface area contributed by atoms with Gasteiger partial charge < -0.3 is 15.5 Å². The van der Waals surface area contributed by atoms with Crippen LogP contribution in [0.4, 0.5) is 11.8 Å². The molecule has 0 radical (unpaired) electrons. The molecular formula is C10H17N5. The fourth-order valence-electron chi connectivity index (χ4n) is 1.94. The molecule has 15 heavy (non-hydrogen) atoms. The Bertz CT molecular complexity index is 340. The van der Waals surface area contributed by atoms with Crippen molar-refractivity contribution in [2.24, 2.45) is 0 Å². The first-order valence-corrected chi connectivity index (χ1v) is 5.20. The smallest absolute Gasteiger partial charge is 0.227 e. The van der Waals surface area contributed by atoms with Gasteiger partial charge in [0.1, 0.15) is 5.82 Å². The standard InChI is InChI=1S/C10H17N5/c1-8-7-14(2)5-6-15(8)10-12-4-3-9(11)13-10/h3-4,8H,5-7H2,1-2H3,(H2,11,12,13)/t8-/m0/s1. The predicted octanol–water partition coefficient (Wildman–Crippen LogP) is 0.199. The topological polar surface area (TPSA) is 58.3 Å². The van der Waals surface area contributed by atoms with Crippen molar-refractivity contribution >= 4 is 11.8 Å². The molecule has 0 bridgehead atoms. The molecule has 2 rings (SSSR count). The van der Waals surface area contributed by atoms with Crippen LogP contribution in [-0.2, 0) is 0 Å². The summed E-state index contributed by atoms with van der Waals surface area (Å²) in [5, 5.41) is 0. The molecule has 0 spiro atoms. The Balaban J connectivity index is 2.17. The van der Waals surface area contributed by atoms with Crippen molar-refractivity contribution in [2.75, 3.05) is 37.3 Å². The van der Waals surface area contributed by atoms with Gasteiger partial charge in [0.05, 0.1) is 0 Å². The first-order valence-electron chi connectivity index (χ1n) is 5.20. The number of nitrogens with zero attached hydrogens (tertiary/aromatic N) is 4.